The number of thiophene rings is 1. The number of carbonyl (C=O) groups excluding carboxylic acids is 1. The van der Waals surface area contributed by atoms with Gasteiger partial charge in [0.2, 0.25) is 0 Å². The van der Waals surface area contributed by atoms with Gasteiger partial charge in [0.25, 0.3) is 5.91 Å². The van der Waals surface area contributed by atoms with Gasteiger partial charge in [0.15, 0.2) is 0 Å². The summed E-state index contributed by atoms with van der Waals surface area (Å²) < 4.78 is 8.74. The smallest absolute Gasteiger partial charge is 0.267 e. The van der Waals surface area contributed by atoms with Crippen LogP contribution < -0.4 is 10.1 Å². The van der Waals surface area contributed by atoms with Gasteiger partial charge in [0.05, 0.1) is 17.3 Å². The van der Waals surface area contributed by atoms with E-state index in [2.05, 4.69) is 33.5 Å². The van der Waals surface area contributed by atoms with Gasteiger partial charge < -0.3 is 14.6 Å². The SMILES string of the molecule is COc1cccc(CCNC(=O)c2cc3sccc3n2C2CCCC2)c1. The van der Waals surface area contributed by atoms with E-state index in [4.69, 9.17) is 4.74 Å². The van der Waals surface area contributed by atoms with Gasteiger partial charge >= 0.3 is 0 Å². The lowest BCUT2D eigenvalue weighted by molar-refractivity contribution is 0.0943. The Kier molecular flexibility index (Phi) is 4.98. The average molecular weight is 369 g/mol. The first-order valence-corrected chi connectivity index (χ1v) is 10.1. The molecule has 1 fully saturated rings. The van der Waals surface area contributed by atoms with Crippen LogP contribution >= 0.6 is 11.3 Å². The zero-order valence-corrected chi connectivity index (χ0v) is 15.8. The van der Waals surface area contributed by atoms with Gasteiger partial charge in [-0.15, -0.1) is 11.3 Å². The van der Waals surface area contributed by atoms with Crippen molar-refractivity contribution in [2.24, 2.45) is 0 Å². The molecule has 136 valence electrons. The second-order valence-corrected chi connectivity index (χ2v) is 7.81. The average Bonchev–Trinajstić information content (AvgIpc) is 3.38. The number of methoxy groups -OCH3 is 1. The Morgan fingerprint density at radius 1 is 1.27 bits per heavy atom. The van der Waals surface area contributed by atoms with Gasteiger partial charge in [-0.2, -0.15) is 0 Å². The van der Waals surface area contributed by atoms with Crippen LogP contribution in [0.25, 0.3) is 10.2 Å². The lowest BCUT2D eigenvalue weighted by Gasteiger charge is -2.17. The fraction of sp³-hybridized carbons (Fsp3) is 0.381. The van der Waals surface area contributed by atoms with Gasteiger partial charge in [0.1, 0.15) is 11.4 Å². The molecule has 0 unspecified atom stereocenters. The van der Waals surface area contributed by atoms with Crippen LogP contribution in [0.4, 0.5) is 0 Å². The molecule has 1 aliphatic rings. The molecule has 1 N–H and O–H groups in total. The Hall–Kier alpha value is -2.27. The number of benzene rings is 1. The third kappa shape index (κ3) is 3.36. The third-order valence-corrected chi connectivity index (χ3v) is 6.07. The van der Waals surface area contributed by atoms with Crippen molar-refractivity contribution in [1.29, 1.82) is 0 Å². The van der Waals surface area contributed by atoms with E-state index in [0.29, 0.717) is 12.6 Å². The minimum atomic E-state index is 0.0307. The quantitative estimate of drug-likeness (QED) is 0.679. The van der Waals surface area contributed by atoms with E-state index < -0.39 is 0 Å². The Morgan fingerprint density at radius 2 is 2.12 bits per heavy atom. The number of amides is 1. The topological polar surface area (TPSA) is 43.3 Å². The highest BCUT2D eigenvalue weighted by Gasteiger charge is 2.24. The lowest BCUT2D eigenvalue weighted by Crippen LogP contribution is -2.28. The molecule has 0 aliphatic heterocycles. The third-order valence-electron chi connectivity index (χ3n) is 5.22. The number of nitrogens with one attached hydrogen (secondary N) is 1. The standard InChI is InChI=1S/C21H24N2O2S/c1-25-17-8-4-5-15(13-17)9-11-22-21(24)19-14-20-18(10-12-26-20)23(19)16-6-2-3-7-16/h4-5,8,10,12-14,16H,2-3,6-7,9,11H2,1H3,(H,22,24). The summed E-state index contributed by atoms with van der Waals surface area (Å²) in [4.78, 5) is 12.9. The van der Waals surface area contributed by atoms with Crippen molar-refractivity contribution in [2.75, 3.05) is 13.7 Å². The molecule has 0 radical (unpaired) electrons. The number of nitrogens with zero attached hydrogens (tertiary/aromatic N) is 1. The first kappa shape index (κ1) is 17.2. The number of carbonyl (C=O) groups is 1. The number of aromatic nitrogens is 1. The van der Waals surface area contributed by atoms with Crippen LogP contribution in [-0.4, -0.2) is 24.1 Å². The predicted molar refractivity (Wildman–Crippen MR) is 106 cm³/mol. The largest absolute Gasteiger partial charge is 0.497 e. The second-order valence-electron chi connectivity index (χ2n) is 6.87. The molecule has 3 aromatic rings. The maximum Gasteiger partial charge on any atom is 0.267 e. The van der Waals surface area contributed by atoms with Crippen LogP contribution in [0.5, 0.6) is 5.75 Å². The van der Waals surface area contributed by atoms with E-state index in [0.717, 1.165) is 23.4 Å². The minimum absolute atomic E-state index is 0.0307. The van der Waals surface area contributed by atoms with Crippen molar-refractivity contribution in [3.63, 3.8) is 0 Å². The zero-order chi connectivity index (χ0) is 17.9. The fourth-order valence-electron chi connectivity index (χ4n) is 3.91. The van der Waals surface area contributed by atoms with E-state index in [1.165, 1.54) is 35.9 Å². The monoisotopic (exact) mass is 368 g/mol. The van der Waals surface area contributed by atoms with Gasteiger partial charge in [-0.05, 0) is 54.5 Å². The molecule has 0 bridgehead atoms. The number of ether oxygens (including phenoxy) is 1. The van der Waals surface area contributed by atoms with Crippen LogP contribution in [0, 0.1) is 0 Å². The summed E-state index contributed by atoms with van der Waals surface area (Å²) in [5.74, 6) is 0.882. The Balaban J connectivity index is 1.47. The van der Waals surface area contributed by atoms with Crippen LogP contribution in [0.15, 0.2) is 41.8 Å². The van der Waals surface area contributed by atoms with Crippen molar-refractivity contribution in [2.45, 2.75) is 38.1 Å². The highest BCUT2D eigenvalue weighted by Crippen LogP contribution is 2.36. The first-order chi connectivity index (χ1) is 12.8. The summed E-state index contributed by atoms with van der Waals surface area (Å²) in [5.41, 5.74) is 3.18. The van der Waals surface area contributed by atoms with Crippen molar-refractivity contribution in [1.82, 2.24) is 9.88 Å². The fourth-order valence-corrected chi connectivity index (χ4v) is 4.72. The summed E-state index contributed by atoms with van der Waals surface area (Å²) >= 11 is 1.71. The molecule has 1 aromatic carbocycles. The summed E-state index contributed by atoms with van der Waals surface area (Å²) in [6.45, 7) is 0.621. The van der Waals surface area contributed by atoms with E-state index >= 15 is 0 Å². The molecule has 0 saturated heterocycles. The van der Waals surface area contributed by atoms with Gasteiger partial charge in [0, 0.05) is 12.6 Å². The van der Waals surface area contributed by atoms with E-state index in [1.807, 2.05) is 18.2 Å². The molecule has 1 saturated carbocycles. The van der Waals surface area contributed by atoms with E-state index in [-0.39, 0.29) is 5.91 Å². The predicted octanol–water partition coefficient (Wildman–Crippen LogP) is 4.80. The van der Waals surface area contributed by atoms with Crippen molar-refractivity contribution < 1.29 is 9.53 Å². The second kappa shape index (κ2) is 7.54. The molecule has 4 nitrogen and oxygen atoms in total. The zero-order valence-electron chi connectivity index (χ0n) is 15.0. The van der Waals surface area contributed by atoms with Crippen molar-refractivity contribution in [3.05, 3.63) is 53.0 Å². The Morgan fingerprint density at radius 3 is 2.92 bits per heavy atom. The molecule has 0 atom stereocenters. The summed E-state index contributed by atoms with van der Waals surface area (Å²) in [6, 6.07) is 12.7. The minimum Gasteiger partial charge on any atom is -0.497 e. The molecule has 2 heterocycles. The van der Waals surface area contributed by atoms with Crippen LogP contribution in [0.2, 0.25) is 0 Å². The molecule has 1 aliphatic carbocycles. The van der Waals surface area contributed by atoms with Crippen LogP contribution in [0.1, 0.15) is 47.8 Å². The highest BCUT2D eigenvalue weighted by molar-refractivity contribution is 7.17. The van der Waals surface area contributed by atoms with Gasteiger partial charge in [-0.3, -0.25) is 4.79 Å². The molecule has 2 aromatic heterocycles. The molecule has 26 heavy (non-hydrogen) atoms. The molecule has 1 amide bonds. The molecule has 0 spiro atoms. The summed E-state index contributed by atoms with van der Waals surface area (Å²) in [5, 5.41) is 5.22. The van der Waals surface area contributed by atoms with Gasteiger partial charge in [-0.1, -0.05) is 25.0 Å². The molecular weight excluding hydrogens is 344 g/mol. The van der Waals surface area contributed by atoms with Crippen molar-refractivity contribution in [3.8, 4) is 5.75 Å². The number of fused-ring (bicyclic) bond motifs is 1. The molecule has 4 rings (SSSR count). The lowest BCUT2D eigenvalue weighted by atomic mass is 10.1. The normalized spacial score (nSPS) is 14.8. The number of rotatable bonds is 6. The maximum atomic E-state index is 12.9. The Labute approximate surface area is 157 Å². The van der Waals surface area contributed by atoms with Crippen LogP contribution in [0.3, 0.4) is 0 Å². The number of hydrogen-bond donors (Lipinski definition) is 1. The highest BCUT2D eigenvalue weighted by atomic mass is 32.1. The van der Waals surface area contributed by atoms with Crippen LogP contribution in [-0.2, 0) is 6.42 Å². The van der Waals surface area contributed by atoms with E-state index in [9.17, 15) is 4.79 Å². The Bertz CT molecular complexity index is 906. The molecular formula is C21H24N2O2S. The first-order valence-electron chi connectivity index (χ1n) is 9.26. The maximum absolute atomic E-state index is 12.9. The van der Waals surface area contributed by atoms with Gasteiger partial charge in [-0.25, -0.2) is 0 Å². The van der Waals surface area contributed by atoms with E-state index in [1.54, 1.807) is 18.4 Å². The summed E-state index contributed by atoms with van der Waals surface area (Å²) in [6.07, 6.45) is 5.64. The molecule has 5 heteroatoms. The van der Waals surface area contributed by atoms with Crippen molar-refractivity contribution >= 4 is 27.5 Å². The number of hydrogen-bond acceptors (Lipinski definition) is 3. The summed E-state index contributed by atoms with van der Waals surface area (Å²) in [7, 11) is 1.67.